The van der Waals surface area contributed by atoms with Crippen molar-refractivity contribution in [1.29, 1.82) is 0 Å². The predicted octanol–water partition coefficient (Wildman–Crippen LogP) is 1.72. The summed E-state index contributed by atoms with van der Waals surface area (Å²) in [6.07, 6.45) is 4.01. The van der Waals surface area contributed by atoms with Crippen LogP contribution in [-0.4, -0.2) is 33.9 Å². The SMILES string of the molecule is CCCc1ccc(S(=O)(=O)N2CCc3nc4cc[nH]n4c(=O)c3C2)cc1. The van der Waals surface area contributed by atoms with Gasteiger partial charge in [-0.2, -0.15) is 4.31 Å². The standard InChI is InChI=1S/C18H20N4O3S/c1-2-3-13-4-6-14(7-5-13)26(24,25)21-11-9-16-15(12-21)18(23)22-17(20-16)8-10-19-22/h4-8,10,19H,2-3,9,11-12H2,1H3. The van der Waals surface area contributed by atoms with Gasteiger partial charge in [0.25, 0.3) is 5.56 Å². The number of hydrogen-bond acceptors (Lipinski definition) is 4. The second kappa shape index (κ2) is 6.37. The highest BCUT2D eigenvalue weighted by Gasteiger charge is 2.31. The van der Waals surface area contributed by atoms with Gasteiger partial charge in [-0.25, -0.2) is 17.9 Å². The summed E-state index contributed by atoms with van der Waals surface area (Å²) >= 11 is 0. The topological polar surface area (TPSA) is 87.5 Å². The number of nitrogens with zero attached hydrogens (tertiary/aromatic N) is 3. The number of aryl methyl sites for hydroxylation is 1. The van der Waals surface area contributed by atoms with Crippen LogP contribution in [0.1, 0.15) is 30.2 Å². The van der Waals surface area contributed by atoms with E-state index in [2.05, 4.69) is 17.0 Å². The largest absolute Gasteiger partial charge is 0.297 e. The third-order valence-electron chi connectivity index (χ3n) is 4.76. The Morgan fingerprint density at radius 3 is 2.69 bits per heavy atom. The Morgan fingerprint density at radius 2 is 1.96 bits per heavy atom. The minimum atomic E-state index is -3.65. The molecule has 1 aliphatic heterocycles. The predicted molar refractivity (Wildman–Crippen MR) is 97.5 cm³/mol. The van der Waals surface area contributed by atoms with Gasteiger partial charge in [-0.1, -0.05) is 25.5 Å². The summed E-state index contributed by atoms with van der Waals surface area (Å²) in [5, 5.41) is 2.82. The first kappa shape index (κ1) is 17.0. The van der Waals surface area contributed by atoms with Gasteiger partial charge in [-0.05, 0) is 24.1 Å². The summed E-state index contributed by atoms with van der Waals surface area (Å²) in [5.74, 6) is 0. The Hall–Kier alpha value is -2.45. The van der Waals surface area contributed by atoms with Gasteiger partial charge in [0, 0.05) is 31.8 Å². The summed E-state index contributed by atoms with van der Waals surface area (Å²) in [4.78, 5) is 17.4. The van der Waals surface area contributed by atoms with Crippen molar-refractivity contribution in [1.82, 2.24) is 18.9 Å². The lowest BCUT2D eigenvalue weighted by molar-refractivity contribution is 0.384. The van der Waals surface area contributed by atoms with Crippen molar-refractivity contribution >= 4 is 15.7 Å². The maximum Gasteiger partial charge on any atom is 0.277 e. The molecule has 136 valence electrons. The van der Waals surface area contributed by atoms with Gasteiger partial charge in [-0.15, -0.1) is 0 Å². The molecule has 7 nitrogen and oxygen atoms in total. The molecule has 0 saturated carbocycles. The number of H-pyrrole nitrogens is 1. The van der Waals surface area contributed by atoms with E-state index in [0.29, 0.717) is 29.9 Å². The zero-order valence-corrected chi connectivity index (χ0v) is 15.3. The van der Waals surface area contributed by atoms with Gasteiger partial charge in [-0.3, -0.25) is 9.89 Å². The minimum Gasteiger partial charge on any atom is -0.297 e. The smallest absolute Gasteiger partial charge is 0.277 e. The average molecular weight is 372 g/mol. The van der Waals surface area contributed by atoms with E-state index in [-0.39, 0.29) is 17.0 Å². The molecular weight excluding hydrogens is 352 g/mol. The van der Waals surface area contributed by atoms with Crippen LogP contribution in [-0.2, 0) is 29.4 Å². The molecule has 0 spiro atoms. The minimum absolute atomic E-state index is 0.0438. The quantitative estimate of drug-likeness (QED) is 0.755. The van der Waals surface area contributed by atoms with Gasteiger partial charge in [0.15, 0.2) is 5.65 Å². The van der Waals surface area contributed by atoms with E-state index in [1.54, 1.807) is 24.4 Å². The number of fused-ring (bicyclic) bond motifs is 2. The van der Waals surface area contributed by atoms with Crippen molar-refractivity contribution in [3.63, 3.8) is 0 Å². The van der Waals surface area contributed by atoms with E-state index in [4.69, 9.17) is 0 Å². The second-order valence-corrected chi connectivity index (χ2v) is 8.42. The Bertz CT molecular complexity index is 1110. The maximum absolute atomic E-state index is 13.0. The van der Waals surface area contributed by atoms with Crippen LogP contribution < -0.4 is 5.56 Å². The molecular formula is C18H20N4O3S. The highest BCUT2D eigenvalue weighted by atomic mass is 32.2. The van der Waals surface area contributed by atoms with Gasteiger partial charge < -0.3 is 0 Å². The molecule has 0 unspecified atom stereocenters. The molecule has 1 N–H and O–H groups in total. The highest BCUT2D eigenvalue weighted by molar-refractivity contribution is 7.89. The molecule has 1 aromatic carbocycles. The van der Waals surface area contributed by atoms with Crippen molar-refractivity contribution in [2.75, 3.05) is 6.54 Å². The number of aromatic nitrogens is 3. The third kappa shape index (κ3) is 2.75. The van der Waals surface area contributed by atoms with E-state index >= 15 is 0 Å². The Labute approximate surface area is 151 Å². The fraction of sp³-hybridized carbons (Fsp3) is 0.333. The normalized spacial score (nSPS) is 15.3. The number of hydrogen-bond donors (Lipinski definition) is 1. The molecule has 2 aromatic heterocycles. The van der Waals surface area contributed by atoms with Crippen LogP contribution in [0.2, 0.25) is 0 Å². The molecule has 4 rings (SSSR count). The van der Waals surface area contributed by atoms with Crippen LogP contribution in [0.5, 0.6) is 0 Å². The van der Waals surface area contributed by atoms with Crippen LogP contribution in [0.15, 0.2) is 46.2 Å². The zero-order valence-electron chi connectivity index (χ0n) is 14.5. The number of rotatable bonds is 4. The first-order valence-corrected chi connectivity index (χ1v) is 10.1. The summed E-state index contributed by atoms with van der Waals surface area (Å²) in [7, 11) is -3.65. The van der Waals surface area contributed by atoms with Crippen LogP contribution in [0.3, 0.4) is 0 Å². The zero-order chi connectivity index (χ0) is 18.3. The molecule has 3 heterocycles. The van der Waals surface area contributed by atoms with Gasteiger partial charge >= 0.3 is 0 Å². The van der Waals surface area contributed by atoms with Gasteiger partial charge in [0.1, 0.15) is 0 Å². The lowest BCUT2D eigenvalue weighted by Crippen LogP contribution is -2.40. The van der Waals surface area contributed by atoms with Crippen LogP contribution in [0.4, 0.5) is 0 Å². The summed E-state index contributed by atoms with van der Waals surface area (Å²) in [5.41, 5.74) is 2.54. The fourth-order valence-corrected chi connectivity index (χ4v) is 4.77. The lowest BCUT2D eigenvalue weighted by atomic mass is 10.1. The molecule has 0 bridgehead atoms. The van der Waals surface area contributed by atoms with Crippen LogP contribution in [0.25, 0.3) is 5.65 Å². The van der Waals surface area contributed by atoms with Crippen molar-refractivity contribution < 1.29 is 8.42 Å². The van der Waals surface area contributed by atoms with Crippen molar-refractivity contribution in [2.45, 2.75) is 37.6 Å². The molecule has 0 aliphatic carbocycles. The van der Waals surface area contributed by atoms with Crippen molar-refractivity contribution in [3.05, 3.63) is 63.7 Å². The van der Waals surface area contributed by atoms with E-state index in [0.717, 1.165) is 18.4 Å². The van der Waals surface area contributed by atoms with Crippen molar-refractivity contribution in [3.8, 4) is 0 Å². The first-order valence-electron chi connectivity index (χ1n) is 8.67. The number of aromatic amines is 1. The van der Waals surface area contributed by atoms with E-state index in [9.17, 15) is 13.2 Å². The summed E-state index contributed by atoms with van der Waals surface area (Å²) < 4.78 is 28.7. The van der Waals surface area contributed by atoms with Gasteiger partial charge in [0.05, 0.1) is 16.2 Å². The molecule has 0 amide bonds. The summed E-state index contributed by atoms with van der Waals surface area (Å²) in [6.45, 7) is 2.45. The fourth-order valence-electron chi connectivity index (χ4n) is 3.36. The molecule has 8 heteroatoms. The lowest BCUT2D eigenvalue weighted by Gasteiger charge is -2.27. The average Bonchev–Trinajstić information content (AvgIpc) is 3.11. The summed E-state index contributed by atoms with van der Waals surface area (Å²) in [6, 6.07) is 8.73. The maximum atomic E-state index is 13.0. The number of nitrogens with one attached hydrogen (secondary N) is 1. The molecule has 26 heavy (non-hydrogen) atoms. The van der Waals surface area contributed by atoms with Crippen molar-refractivity contribution in [2.24, 2.45) is 0 Å². The molecule has 0 radical (unpaired) electrons. The first-order chi connectivity index (χ1) is 12.5. The Kier molecular flexibility index (Phi) is 4.16. The van der Waals surface area contributed by atoms with Crippen LogP contribution >= 0.6 is 0 Å². The number of sulfonamides is 1. The molecule has 1 aliphatic rings. The molecule has 0 saturated heterocycles. The van der Waals surface area contributed by atoms with E-state index < -0.39 is 10.0 Å². The van der Waals surface area contributed by atoms with Crippen LogP contribution in [0, 0.1) is 0 Å². The van der Waals surface area contributed by atoms with Gasteiger partial charge in [0.2, 0.25) is 10.0 Å². The molecule has 3 aromatic rings. The number of benzene rings is 1. The molecule has 0 fully saturated rings. The second-order valence-electron chi connectivity index (χ2n) is 6.48. The van der Waals surface area contributed by atoms with E-state index in [1.807, 2.05) is 12.1 Å². The monoisotopic (exact) mass is 372 g/mol. The van der Waals surface area contributed by atoms with E-state index in [1.165, 1.54) is 8.82 Å². The third-order valence-corrected chi connectivity index (χ3v) is 6.62. The Balaban J connectivity index is 1.68. The highest BCUT2D eigenvalue weighted by Crippen LogP contribution is 2.23. The Morgan fingerprint density at radius 1 is 1.19 bits per heavy atom. The molecule has 0 atom stereocenters.